The van der Waals surface area contributed by atoms with Crippen LogP contribution in [0.25, 0.3) is 33.2 Å². The Hall–Kier alpha value is -3.95. The summed E-state index contributed by atoms with van der Waals surface area (Å²) in [6.45, 7) is 5.21. The molecule has 152 valence electrons. The van der Waals surface area contributed by atoms with E-state index in [4.69, 9.17) is 4.74 Å². The number of hydrogen-bond acceptors (Lipinski definition) is 7. The predicted molar refractivity (Wildman–Crippen MR) is 107 cm³/mol. The van der Waals surface area contributed by atoms with Crippen molar-refractivity contribution >= 4 is 33.8 Å². The van der Waals surface area contributed by atoms with Crippen LogP contribution in [-0.2, 0) is 4.74 Å². The fraction of sp³-hybridized carbons (Fsp3) is 0.200. The predicted octanol–water partition coefficient (Wildman–Crippen LogP) is 4.48. The van der Waals surface area contributed by atoms with Gasteiger partial charge in [0.1, 0.15) is 11.2 Å². The van der Waals surface area contributed by atoms with Crippen molar-refractivity contribution < 1.29 is 18.8 Å². The van der Waals surface area contributed by atoms with Crippen LogP contribution in [0.2, 0.25) is 0 Å². The van der Waals surface area contributed by atoms with Gasteiger partial charge >= 0.3 is 11.9 Å². The largest absolute Gasteiger partial charge is 0.443 e. The van der Waals surface area contributed by atoms with Gasteiger partial charge in [0.05, 0.1) is 11.2 Å². The van der Waals surface area contributed by atoms with Gasteiger partial charge in [-0.05, 0) is 54.9 Å². The molecule has 0 aliphatic heterocycles. The first-order valence-corrected chi connectivity index (χ1v) is 8.94. The number of carbonyl (C=O) groups excluding carboxylic acids is 1. The maximum absolute atomic E-state index is 13.8. The van der Waals surface area contributed by atoms with Crippen molar-refractivity contribution in [3.8, 4) is 11.3 Å². The zero-order valence-electron chi connectivity index (χ0n) is 16.3. The zero-order chi connectivity index (χ0) is 21.6. The number of fused-ring (bicyclic) bond motifs is 3. The molecule has 0 fully saturated rings. The van der Waals surface area contributed by atoms with Crippen LogP contribution < -0.4 is 0 Å². The molecule has 4 rings (SSSR count). The van der Waals surface area contributed by atoms with Crippen LogP contribution in [0.5, 0.6) is 0 Å². The van der Waals surface area contributed by atoms with Gasteiger partial charge in [-0.25, -0.2) is 18.7 Å². The molecule has 0 radical (unpaired) electrons. The van der Waals surface area contributed by atoms with Gasteiger partial charge in [-0.1, -0.05) is 0 Å². The number of nitro groups is 1. The molecule has 0 aliphatic carbocycles. The quantitative estimate of drug-likeness (QED) is 0.354. The van der Waals surface area contributed by atoms with Gasteiger partial charge in [0.2, 0.25) is 0 Å². The second-order valence-electron chi connectivity index (χ2n) is 7.56. The SMILES string of the molecule is CC(C)(C)OC(=O)n1c2ccncc2c2ccc(-c3cc(F)cnc3[N+](=O)[O-])nc21. The van der Waals surface area contributed by atoms with Crippen LogP contribution >= 0.6 is 0 Å². The van der Waals surface area contributed by atoms with E-state index in [1.54, 1.807) is 39.1 Å². The highest BCUT2D eigenvalue weighted by Gasteiger charge is 2.25. The number of nitrogens with zero attached hydrogens (tertiary/aromatic N) is 5. The molecule has 0 saturated heterocycles. The molecule has 0 spiro atoms. The average Bonchev–Trinajstić information content (AvgIpc) is 3.00. The van der Waals surface area contributed by atoms with Gasteiger partial charge in [-0.15, -0.1) is 0 Å². The normalized spacial score (nSPS) is 11.7. The number of halogens is 1. The molecule has 4 aromatic heterocycles. The van der Waals surface area contributed by atoms with Gasteiger partial charge in [-0.3, -0.25) is 4.98 Å². The van der Waals surface area contributed by atoms with E-state index < -0.39 is 28.3 Å². The highest BCUT2D eigenvalue weighted by Crippen LogP contribution is 2.33. The van der Waals surface area contributed by atoms with E-state index in [-0.39, 0.29) is 16.9 Å². The average molecular weight is 409 g/mol. The molecule has 4 heterocycles. The summed E-state index contributed by atoms with van der Waals surface area (Å²) in [5.41, 5.74) is -0.0208. The number of pyridine rings is 3. The van der Waals surface area contributed by atoms with Gasteiger partial charge in [0.25, 0.3) is 0 Å². The van der Waals surface area contributed by atoms with Crippen molar-refractivity contribution in [1.82, 2.24) is 19.5 Å². The monoisotopic (exact) mass is 409 g/mol. The van der Waals surface area contributed by atoms with Crippen LogP contribution in [-0.4, -0.2) is 36.1 Å². The third-order valence-corrected chi connectivity index (χ3v) is 4.27. The third kappa shape index (κ3) is 3.32. The topological polar surface area (TPSA) is 113 Å². The first kappa shape index (κ1) is 19.4. The van der Waals surface area contributed by atoms with Crippen LogP contribution in [0, 0.1) is 15.9 Å². The van der Waals surface area contributed by atoms with Crippen molar-refractivity contribution in [2.24, 2.45) is 0 Å². The van der Waals surface area contributed by atoms with Crippen molar-refractivity contribution in [2.45, 2.75) is 26.4 Å². The third-order valence-electron chi connectivity index (χ3n) is 4.27. The lowest BCUT2D eigenvalue weighted by Gasteiger charge is -2.20. The molecule has 0 N–H and O–H groups in total. The van der Waals surface area contributed by atoms with Crippen molar-refractivity contribution in [1.29, 1.82) is 0 Å². The van der Waals surface area contributed by atoms with Crippen LogP contribution in [0.1, 0.15) is 20.8 Å². The summed E-state index contributed by atoms with van der Waals surface area (Å²) in [6, 6.07) is 5.79. The Morgan fingerprint density at radius 1 is 1.20 bits per heavy atom. The maximum Gasteiger partial charge on any atom is 0.420 e. The molecule has 0 bridgehead atoms. The summed E-state index contributed by atoms with van der Waals surface area (Å²) in [5.74, 6) is -1.28. The lowest BCUT2D eigenvalue weighted by molar-refractivity contribution is -0.388. The summed E-state index contributed by atoms with van der Waals surface area (Å²) in [7, 11) is 0. The van der Waals surface area contributed by atoms with Crippen LogP contribution in [0.4, 0.5) is 15.0 Å². The van der Waals surface area contributed by atoms with Crippen LogP contribution in [0.15, 0.2) is 42.9 Å². The van der Waals surface area contributed by atoms with E-state index in [2.05, 4.69) is 15.0 Å². The summed E-state index contributed by atoms with van der Waals surface area (Å²) in [4.78, 5) is 35.7. The number of ether oxygens (including phenoxy) is 1. The van der Waals surface area contributed by atoms with E-state index in [0.717, 1.165) is 12.3 Å². The molecule has 9 nitrogen and oxygen atoms in total. The minimum absolute atomic E-state index is 0.0963. The van der Waals surface area contributed by atoms with Crippen molar-refractivity contribution in [3.05, 3.63) is 58.8 Å². The van der Waals surface area contributed by atoms with Crippen molar-refractivity contribution in [3.63, 3.8) is 0 Å². The molecule has 0 unspecified atom stereocenters. The fourth-order valence-corrected chi connectivity index (χ4v) is 3.14. The Bertz CT molecular complexity index is 1330. The fourth-order valence-electron chi connectivity index (χ4n) is 3.14. The molecule has 0 aliphatic rings. The molecule has 0 aromatic carbocycles. The maximum atomic E-state index is 13.8. The van der Waals surface area contributed by atoms with Gasteiger partial charge < -0.3 is 14.9 Å². The van der Waals surface area contributed by atoms with Crippen LogP contribution in [0.3, 0.4) is 0 Å². The van der Waals surface area contributed by atoms with E-state index in [9.17, 15) is 19.3 Å². The molecule has 4 aromatic rings. The summed E-state index contributed by atoms with van der Waals surface area (Å²) >= 11 is 0. The lowest BCUT2D eigenvalue weighted by atomic mass is 10.1. The Balaban J connectivity index is 2.01. The number of aromatic nitrogens is 4. The Morgan fingerprint density at radius 2 is 1.97 bits per heavy atom. The first-order chi connectivity index (χ1) is 14.2. The Labute approximate surface area is 169 Å². The first-order valence-electron chi connectivity index (χ1n) is 8.94. The lowest BCUT2D eigenvalue weighted by Crippen LogP contribution is -2.27. The molecule has 0 saturated carbocycles. The minimum atomic E-state index is -0.754. The van der Waals surface area contributed by atoms with Gasteiger partial charge in [-0.2, -0.15) is 0 Å². The number of hydrogen-bond donors (Lipinski definition) is 0. The number of carbonyl (C=O) groups is 1. The molecule has 0 amide bonds. The number of rotatable bonds is 2. The smallest absolute Gasteiger partial charge is 0.420 e. The van der Waals surface area contributed by atoms with E-state index in [1.807, 2.05) is 0 Å². The van der Waals surface area contributed by atoms with Crippen molar-refractivity contribution in [2.75, 3.05) is 0 Å². The summed E-state index contributed by atoms with van der Waals surface area (Å²) in [5, 5.41) is 12.6. The second kappa shape index (κ2) is 6.83. The van der Waals surface area contributed by atoms with Gasteiger partial charge in [0, 0.05) is 23.2 Å². The molecular weight excluding hydrogens is 393 g/mol. The summed E-state index contributed by atoms with van der Waals surface area (Å²) in [6.07, 6.45) is 3.23. The van der Waals surface area contributed by atoms with E-state index in [1.165, 1.54) is 16.8 Å². The second-order valence-corrected chi connectivity index (χ2v) is 7.56. The zero-order valence-corrected chi connectivity index (χ0v) is 16.3. The highest BCUT2D eigenvalue weighted by atomic mass is 19.1. The van der Waals surface area contributed by atoms with Gasteiger partial charge in [0.15, 0.2) is 17.7 Å². The highest BCUT2D eigenvalue weighted by molar-refractivity contribution is 6.11. The standard InChI is InChI=1S/C20H16FN5O4/c1-20(2,3)30-19(27)25-16-6-7-22-10-14(16)12-4-5-15(24-18(12)25)13-8-11(21)9-23-17(13)26(28)29/h4-10H,1-3H3. The minimum Gasteiger partial charge on any atom is -0.443 e. The molecule has 10 heteroatoms. The van der Waals surface area contributed by atoms with E-state index in [0.29, 0.717) is 16.3 Å². The molecule has 30 heavy (non-hydrogen) atoms. The summed E-state index contributed by atoms with van der Waals surface area (Å²) < 4.78 is 20.6. The Kier molecular flexibility index (Phi) is 4.41. The molecular formula is C20H16FN5O4. The van der Waals surface area contributed by atoms with E-state index >= 15 is 0 Å². The Morgan fingerprint density at radius 3 is 2.67 bits per heavy atom. The molecule has 0 atom stereocenters.